The van der Waals surface area contributed by atoms with Crippen LogP contribution in [0.4, 0.5) is 0 Å². The van der Waals surface area contributed by atoms with Gasteiger partial charge >= 0.3 is 17.9 Å². The molecule has 1 fully saturated rings. The molecule has 2 aromatic rings. The number of ether oxygens (including phenoxy) is 3. The summed E-state index contributed by atoms with van der Waals surface area (Å²) in [5.41, 5.74) is 4.04. The SMILES string of the molecule is C=CC(=O)Oc1ccc(/C(=C2\CCCC(CC)C2)c2ccc(OC(=O)C=C)c(OC(=O)C=C)c2)cc1. The quantitative estimate of drug-likeness (QED) is 0.233. The molecule has 0 amide bonds. The predicted octanol–water partition coefficient (Wildman–Crippen LogP) is 6.36. The second-order valence-corrected chi connectivity index (χ2v) is 8.41. The molecule has 2 aromatic carbocycles. The van der Waals surface area contributed by atoms with E-state index < -0.39 is 17.9 Å². The van der Waals surface area contributed by atoms with Crippen molar-refractivity contribution in [1.29, 1.82) is 0 Å². The van der Waals surface area contributed by atoms with E-state index in [0.29, 0.717) is 11.7 Å². The maximum Gasteiger partial charge on any atom is 0.335 e. The summed E-state index contributed by atoms with van der Waals surface area (Å²) in [7, 11) is 0. The molecule has 0 aromatic heterocycles. The molecular weight excluding hydrogens is 456 g/mol. The van der Waals surface area contributed by atoms with Crippen molar-refractivity contribution in [1.82, 2.24) is 0 Å². The van der Waals surface area contributed by atoms with Crippen molar-refractivity contribution in [3.63, 3.8) is 0 Å². The van der Waals surface area contributed by atoms with E-state index in [0.717, 1.165) is 60.6 Å². The van der Waals surface area contributed by atoms with Crippen LogP contribution in [0.25, 0.3) is 5.57 Å². The van der Waals surface area contributed by atoms with E-state index in [1.165, 1.54) is 12.0 Å². The van der Waals surface area contributed by atoms with Crippen LogP contribution in [0.15, 0.2) is 86.0 Å². The minimum Gasteiger partial charge on any atom is -0.423 e. The molecule has 1 unspecified atom stereocenters. The van der Waals surface area contributed by atoms with Crippen molar-refractivity contribution >= 4 is 23.5 Å². The maximum atomic E-state index is 12.0. The van der Waals surface area contributed by atoms with Crippen molar-refractivity contribution in [2.24, 2.45) is 5.92 Å². The van der Waals surface area contributed by atoms with Gasteiger partial charge in [0.2, 0.25) is 0 Å². The van der Waals surface area contributed by atoms with Crippen LogP contribution in [0.1, 0.15) is 50.2 Å². The van der Waals surface area contributed by atoms with Crippen molar-refractivity contribution in [2.75, 3.05) is 0 Å². The molecule has 1 aliphatic rings. The number of rotatable bonds is 9. The molecule has 186 valence electrons. The lowest BCUT2D eigenvalue weighted by Crippen LogP contribution is -2.11. The van der Waals surface area contributed by atoms with E-state index in [1.807, 2.05) is 18.2 Å². The lowest BCUT2D eigenvalue weighted by Gasteiger charge is -2.26. The summed E-state index contributed by atoms with van der Waals surface area (Å²) in [6.45, 7) is 12.5. The highest BCUT2D eigenvalue weighted by molar-refractivity contribution is 5.88. The minimum atomic E-state index is -0.672. The molecule has 1 aliphatic carbocycles. The molecular formula is C30H30O6. The Morgan fingerprint density at radius 2 is 1.42 bits per heavy atom. The molecule has 0 N–H and O–H groups in total. The van der Waals surface area contributed by atoms with E-state index in [1.54, 1.807) is 24.3 Å². The first kappa shape index (κ1) is 26.4. The summed E-state index contributed by atoms with van der Waals surface area (Å²) >= 11 is 0. The number of carbonyl (C=O) groups is 3. The fourth-order valence-electron chi connectivity index (χ4n) is 4.28. The third kappa shape index (κ3) is 6.69. The van der Waals surface area contributed by atoms with Crippen LogP contribution in [-0.4, -0.2) is 17.9 Å². The number of hydrogen-bond acceptors (Lipinski definition) is 6. The van der Waals surface area contributed by atoms with Crippen LogP contribution < -0.4 is 14.2 Å². The van der Waals surface area contributed by atoms with Crippen LogP contribution >= 0.6 is 0 Å². The standard InChI is InChI=1S/C30H30O6/c1-5-20-10-9-11-22(18-20)30(21-12-15-24(16-13-21)34-27(31)6-2)23-14-17-25(35-28(32)7-3)26(19-23)36-29(33)8-4/h6-8,12-17,19-20H,2-5,9-11,18H2,1H3/b30-22-. The smallest absolute Gasteiger partial charge is 0.335 e. The zero-order valence-corrected chi connectivity index (χ0v) is 20.5. The molecule has 0 heterocycles. The van der Waals surface area contributed by atoms with Crippen molar-refractivity contribution < 1.29 is 28.6 Å². The topological polar surface area (TPSA) is 78.9 Å². The molecule has 0 radical (unpaired) electrons. The lowest BCUT2D eigenvalue weighted by molar-refractivity contribution is -0.131. The van der Waals surface area contributed by atoms with Gasteiger partial charge in [-0.3, -0.25) is 0 Å². The third-order valence-electron chi connectivity index (χ3n) is 6.07. The Bertz CT molecular complexity index is 1200. The van der Waals surface area contributed by atoms with Crippen LogP contribution in [0.3, 0.4) is 0 Å². The second kappa shape index (κ2) is 12.5. The molecule has 1 saturated carbocycles. The minimum absolute atomic E-state index is 0.102. The van der Waals surface area contributed by atoms with Gasteiger partial charge in [-0.15, -0.1) is 0 Å². The summed E-state index contributed by atoms with van der Waals surface area (Å²) in [4.78, 5) is 35.4. The van der Waals surface area contributed by atoms with Crippen LogP contribution in [0, 0.1) is 5.92 Å². The average molecular weight is 487 g/mol. The Kier molecular flexibility index (Phi) is 9.17. The molecule has 0 bridgehead atoms. The Morgan fingerprint density at radius 3 is 2.03 bits per heavy atom. The highest BCUT2D eigenvalue weighted by atomic mass is 16.6. The van der Waals surface area contributed by atoms with Gasteiger partial charge in [-0.1, -0.05) is 56.9 Å². The Labute approximate surface area is 211 Å². The van der Waals surface area contributed by atoms with E-state index in [-0.39, 0.29) is 11.5 Å². The maximum absolute atomic E-state index is 12.0. The summed E-state index contributed by atoms with van der Waals surface area (Å²) < 4.78 is 15.9. The van der Waals surface area contributed by atoms with E-state index in [9.17, 15) is 14.4 Å². The van der Waals surface area contributed by atoms with Gasteiger partial charge in [0, 0.05) is 18.2 Å². The zero-order chi connectivity index (χ0) is 26.1. The van der Waals surface area contributed by atoms with Crippen LogP contribution in [0.5, 0.6) is 17.2 Å². The van der Waals surface area contributed by atoms with Gasteiger partial charge in [0.25, 0.3) is 0 Å². The van der Waals surface area contributed by atoms with Crippen LogP contribution in [0.2, 0.25) is 0 Å². The lowest BCUT2D eigenvalue weighted by atomic mass is 9.79. The molecule has 3 rings (SSSR count). The van der Waals surface area contributed by atoms with Crippen molar-refractivity contribution in [2.45, 2.75) is 39.0 Å². The molecule has 0 spiro atoms. The fourth-order valence-corrected chi connectivity index (χ4v) is 4.28. The normalized spacial score (nSPS) is 16.3. The van der Waals surface area contributed by atoms with Gasteiger partial charge in [-0.2, -0.15) is 0 Å². The third-order valence-corrected chi connectivity index (χ3v) is 6.07. The predicted molar refractivity (Wildman–Crippen MR) is 139 cm³/mol. The Balaban J connectivity index is 2.12. The summed E-state index contributed by atoms with van der Waals surface area (Å²) in [6.07, 6.45) is 8.44. The number of benzene rings is 2. The number of hydrogen-bond donors (Lipinski definition) is 0. The molecule has 0 saturated heterocycles. The van der Waals surface area contributed by atoms with Gasteiger partial charge in [0.15, 0.2) is 11.5 Å². The van der Waals surface area contributed by atoms with E-state index >= 15 is 0 Å². The fraction of sp³-hybridized carbons (Fsp3) is 0.233. The zero-order valence-electron chi connectivity index (χ0n) is 20.5. The Hall–Kier alpha value is -4.19. The first-order chi connectivity index (χ1) is 17.4. The second-order valence-electron chi connectivity index (χ2n) is 8.41. The van der Waals surface area contributed by atoms with Crippen molar-refractivity contribution in [3.8, 4) is 17.2 Å². The Morgan fingerprint density at radius 1 is 0.833 bits per heavy atom. The molecule has 36 heavy (non-hydrogen) atoms. The molecule has 1 atom stereocenters. The van der Waals surface area contributed by atoms with Crippen LogP contribution in [-0.2, 0) is 14.4 Å². The van der Waals surface area contributed by atoms with Gasteiger partial charge in [0.1, 0.15) is 5.75 Å². The number of allylic oxidation sites excluding steroid dienone is 1. The van der Waals surface area contributed by atoms with Gasteiger partial charge in [0.05, 0.1) is 0 Å². The molecule has 6 nitrogen and oxygen atoms in total. The van der Waals surface area contributed by atoms with Gasteiger partial charge < -0.3 is 14.2 Å². The average Bonchev–Trinajstić information content (AvgIpc) is 2.91. The monoisotopic (exact) mass is 486 g/mol. The highest BCUT2D eigenvalue weighted by Gasteiger charge is 2.22. The van der Waals surface area contributed by atoms with E-state index in [2.05, 4.69) is 26.7 Å². The number of carbonyl (C=O) groups excluding carboxylic acids is 3. The summed E-state index contributed by atoms with van der Waals surface area (Å²) in [6, 6.07) is 12.4. The first-order valence-electron chi connectivity index (χ1n) is 11.9. The largest absolute Gasteiger partial charge is 0.423 e. The molecule has 6 heteroatoms. The van der Waals surface area contributed by atoms with Gasteiger partial charge in [-0.25, -0.2) is 14.4 Å². The number of esters is 3. The van der Waals surface area contributed by atoms with Gasteiger partial charge in [-0.05, 0) is 72.6 Å². The summed E-state index contributed by atoms with van der Waals surface area (Å²) in [5, 5.41) is 0. The summed E-state index contributed by atoms with van der Waals surface area (Å²) in [5.74, 6) is -0.667. The highest BCUT2D eigenvalue weighted by Crippen LogP contribution is 2.41. The first-order valence-corrected chi connectivity index (χ1v) is 11.9. The van der Waals surface area contributed by atoms with Crippen molar-refractivity contribution in [3.05, 3.63) is 97.1 Å². The molecule has 0 aliphatic heterocycles. The van der Waals surface area contributed by atoms with E-state index in [4.69, 9.17) is 14.2 Å².